The molecule has 1 saturated heterocycles. The lowest BCUT2D eigenvalue weighted by Gasteiger charge is -2.31. The lowest BCUT2D eigenvalue weighted by atomic mass is 9.98. The fraction of sp³-hybridized carbons (Fsp3) is 0.338. The third-order valence-corrected chi connectivity index (χ3v) is 17.8. The van der Waals surface area contributed by atoms with E-state index in [4.69, 9.17) is 11.5 Å². The number of nitrogens with zero attached hydrogens (tertiary/aromatic N) is 1. The van der Waals surface area contributed by atoms with Gasteiger partial charge in [-0.25, -0.2) is 4.79 Å². The summed E-state index contributed by atoms with van der Waals surface area (Å²) in [7, 11) is -5.52. The maximum Gasteiger partial charge on any atom is 0.488 e. The number of likely N-dealkylation sites (tertiary alicyclic amines) is 1. The number of aromatic hydroxyl groups is 1. The first-order valence-electron chi connectivity index (χ1n) is 33.4. The largest absolute Gasteiger partial charge is 0.508 e. The fourth-order valence-electron chi connectivity index (χ4n) is 12.1. The van der Waals surface area contributed by atoms with Gasteiger partial charge in [-0.2, -0.15) is 8.42 Å². The van der Waals surface area contributed by atoms with E-state index in [9.17, 15) is 75.9 Å². The Bertz CT molecular complexity index is 4520. The molecule has 10 atom stereocenters. The summed E-state index contributed by atoms with van der Waals surface area (Å²) < 4.78 is 40.3. The Kier molecular flexibility index (Phi) is 27.2. The Hall–Kier alpha value is -12.3. The normalized spacial score (nSPS) is 15.4. The van der Waals surface area contributed by atoms with Gasteiger partial charge in [0.1, 0.15) is 65.9 Å². The Morgan fingerprint density at radius 2 is 0.953 bits per heavy atom. The van der Waals surface area contributed by atoms with Crippen LogP contribution in [0, 0.1) is 5.92 Å². The zero-order valence-corrected chi connectivity index (χ0v) is 57.9. The number of nitrogens with two attached hydrogens (primary N) is 2. The number of nitrogens with one attached hydrogen (secondary N) is 10. The van der Waals surface area contributed by atoms with E-state index in [1.807, 2.05) is 0 Å². The second-order valence-corrected chi connectivity index (χ2v) is 26.6. The van der Waals surface area contributed by atoms with Crippen molar-refractivity contribution < 1.29 is 99.2 Å². The summed E-state index contributed by atoms with van der Waals surface area (Å²) in [6.07, 6.45) is -1.02. The molecule has 0 bridgehead atoms. The number of carbonyl (C=O) groups is 13. The van der Waals surface area contributed by atoms with Crippen LogP contribution in [-0.2, 0) is 105 Å². The molecule has 0 aliphatic carbocycles. The van der Waals surface area contributed by atoms with Gasteiger partial charge in [0, 0.05) is 72.8 Å². The monoisotopic (exact) mass is 1490 g/mol. The molecule has 35 heteroatoms. The van der Waals surface area contributed by atoms with Gasteiger partial charge in [0.25, 0.3) is 0 Å². The molecule has 1 aliphatic rings. The molecular formula is C71H80FN13O20S. The predicted molar refractivity (Wildman–Crippen MR) is 376 cm³/mol. The predicted octanol–water partition coefficient (Wildman–Crippen LogP) is 0.223. The van der Waals surface area contributed by atoms with Gasteiger partial charge in [-0.1, -0.05) is 109 Å². The molecule has 106 heavy (non-hydrogen) atoms. The number of primary amides is 1. The van der Waals surface area contributed by atoms with Crippen LogP contribution >= 0.6 is 0 Å². The number of halogens is 1. The third kappa shape index (κ3) is 22.6. The molecule has 10 amide bonds. The van der Waals surface area contributed by atoms with Crippen LogP contribution in [0.1, 0.15) is 73.8 Å². The van der Waals surface area contributed by atoms with Crippen molar-refractivity contribution in [1.29, 1.82) is 0 Å². The maximum absolute atomic E-state index is 15.5. The molecular weight excluding hydrogens is 1410 g/mol. The number of carbonyl (C=O) groups excluding carboxylic acids is 10. The minimum atomic E-state index is -5.52. The SMILES string of the molecule is CC(C)[C@H](NC(=O)[C@H](Cc1ccc(O)cc1)NC(=O)[C@@H](Cc1ccc(OS(=O)(=O)F)cc1)NC(=O)[C@@H](CC(=O)O)NC(=O)[C@@H](N)CC(=O)O)C(=O)N[C@@H](Cc1c[nH]c2ccccc12)C(=O)N[C@@H](Cc1c[nH]c2ccccc12)C(=O)N1CCC[C@H]1C(=O)N[C@@H](CC(N)=O)C(=O)N[C@@H](Cc1ccccc1)C(=O)O. The van der Waals surface area contributed by atoms with E-state index in [0.29, 0.717) is 44.1 Å². The van der Waals surface area contributed by atoms with Crippen LogP contribution in [0.4, 0.5) is 3.89 Å². The number of aromatic nitrogens is 2. The van der Waals surface area contributed by atoms with Crippen molar-refractivity contribution in [2.24, 2.45) is 17.4 Å². The number of para-hydroxylation sites is 2. The molecule has 33 nitrogen and oxygen atoms in total. The lowest BCUT2D eigenvalue weighted by Crippen LogP contribution is -2.62. The molecule has 0 spiro atoms. The molecule has 7 aromatic rings. The van der Waals surface area contributed by atoms with Crippen LogP contribution in [0.2, 0.25) is 0 Å². The average Bonchev–Trinajstić information content (AvgIpc) is 1.73. The number of rotatable bonds is 37. The van der Waals surface area contributed by atoms with Gasteiger partial charge in [-0.05, 0) is 83.0 Å². The highest BCUT2D eigenvalue weighted by molar-refractivity contribution is 7.81. The van der Waals surface area contributed by atoms with Gasteiger partial charge >= 0.3 is 28.4 Å². The Morgan fingerprint density at radius 1 is 0.519 bits per heavy atom. The highest BCUT2D eigenvalue weighted by Crippen LogP contribution is 2.26. The number of amides is 10. The third-order valence-electron chi connectivity index (χ3n) is 17.4. The molecule has 8 rings (SSSR count). The summed E-state index contributed by atoms with van der Waals surface area (Å²) in [6.45, 7) is 3.02. The number of phenols is 1. The van der Waals surface area contributed by atoms with Crippen molar-refractivity contribution in [3.05, 3.63) is 168 Å². The first-order valence-corrected chi connectivity index (χ1v) is 34.7. The van der Waals surface area contributed by atoms with Gasteiger partial charge in [-0.3, -0.25) is 57.5 Å². The zero-order valence-electron chi connectivity index (χ0n) is 57.1. The molecule has 0 radical (unpaired) electrons. The Morgan fingerprint density at radius 3 is 1.47 bits per heavy atom. The van der Waals surface area contributed by atoms with Gasteiger partial charge in [0.05, 0.1) is 25.3 Å². The van der Waals surface area contributed by atoms with Crippen LogP contribution < -0.4 is 58.2 Å². The van der Waals surface area contributed by atoms with Crippen LogP contribution in [0.25, 0.3) is 21.8 Å². The first kappa shape index (κ1) is 79.4. The number of hydrogen-bond donors (Lipinski definition) is 16. The molecule has 1 fully saturated rings. The van der Waals surface area contributed by atoms with Gasteiger partial charge in [-0.15, -0.1) is 0 Å². The molecule has 562 valence electrons. The van der Waals surface area contributed by atoms with E-state index >= 15 is 19.2 Å². The molecule has 2 aromatic heterocycles. The first-order chi connectivity index (χ1) is 50.3. The molecule has 5 aromatic carbocycles. The average molecular weight is 1490 g/mol. The minimum Gasteiger partial charge on any atom is -0.508 e. The standard InChI is InChI=1S/C71H80FN13O20S/c1-37(2)61(84-67(97)51(27-39-18-22-43(86)23-19-39)79-63(93)50(28-40-20-24-44(25-21-40)105-106(72,103)104)78-66(96)54(34-60(90)91)77-62(92)47(73)32-59(88)89)69(99)81-52(30-41-35-75-48-15-8-6-13-45(41)48)64(94)82-55(31-42-36-76-49-16-9-7-14-46(42)49)70(100)85-26-10-17-57(85)68(98)80-53(33-58(74)87)65(95)83-56(71(101)102)29-38-11-4-3-5-12-38/h3-9,11-16,18-25,35-37,47,50-57,61,75-76,86H,10,17,26-34,73H2,1-2H3,(H2,74,87)(H,77,92)(H,78,96)(H,79,93)(H,80,98)(H,81,99)(H,82,94)(H,83,95)(H,84,97)(H,88,89)(H,90,91)(H,101,102)/t47-,50+,51-,52-,53-,54+,55-,56-,57-,61-/m0/s1. The minimum absolute atomic E-state index is 0.0240. The van der Waals surface area contributed by atoms with Crippen LogP contribution in [0.3, 0.4) is 0 Å². The number of carboxylic acid groups (broad SMARTS) is 3. The molecule has 0 saturated carbocycles. The number of hydrogen-bond acceptors (Lipinski definition) is 18. The molecule has 18 N–H and O–H groups in total. The Labute approximate surface area is 604 Å². The molecule has 1 aliphatic heterocycles. The topological polar surface area (TPSA) is 529 Å². The van der Waals surface area contributed by atoms with Crippen molar-refractivity contribution in [3.8, 4) is 11.5 Å². The number of H-pyrrole nitrogens is 2. The summed E-state index contributed by atoms with van der Waals surface area (Å²) in [6, 6.07) is 15.3. The second kappa shape index (κ2) is 36.2. The highest BCUT2D eigenvalue weighted by atomic mass is 32.3. The quantitative estimate of drug-likeness (QED) is 0.0232. The van der Waals surface area contributed by atoms with Crippen LogP contribution in [0.15, 0.2) is 140 Å². The highest BCUT2D eigenvalue weighted by Gasteiger charge is 2.42. The summed E-state index contributed by atoms with van der Waals surface area (Å²) in [4.78, 5) is 187. The number of fused-ring (bicyclic) bond motifs is 2. The number of benzene rings is 5. The van der Waals surface area contributed by atoms with Crippen LogP contribution in [-0.4, -0.2) is 188 Å². The second-order valence-electron chi connectivity index (χ2n) is 25.7. The van der Waals surface area contributed by atoms with Gasteiger partial charge < -0.3 is 93.5 Å². The van der Waals surface area contributed by atoms with E-state index in [1.54, 1.807) is 105 Å². The van der Waals surface area contributed by atoms with Crippen molar-refractivity contribution in [3.63, 3.8) is 0 Å². The van der Waals surface area contributed by atoms with Gasteiger partial charge in [0.15, 0.2) is 0 Å². The molecule has 0 unspecified atom stereocenters. The van der Waals surface area contributed by atoms with E-state index in [-0.39, 0.29) is 50.0 Å². The van der Waals surface area contributed by atoms with Gasteiger partial charge in [0.2, 0.25) is 59.1 Å². The van der Waals surface area contributed by atoms with Crippen molar-refractivity contribution in [1.82, 2.24) is 57.4 Å². The summed E-state index contributed by atoms with van der Waals surface area (Å²) in [5, 5.41) is 60.7. The van der Waals surface area contributed by atoms with E-state index in [0.717, 1.165) is 24.3 Å². The van der Waals surface area contributed by atoms with Crippen molar-refractivity contribution >= 4 is 109 Å². The number of carboxylic acids is 3. The zero-order chi connectivity index (χ0) is 77.1. The summed E-state index contributed by atoms with van der Waals surface area (Å²) >= 11 is 0. The Balaban J connectivity index is 1.09. The van der Waals surface area contributed by atoms with Crippen molar-refractivity contribution in [2.75, 3.05) is 6.54 Å². The maximum atomic E-state index is 15.5. The lowest BCUT2D eigenvalue weighted by molar-refractivity contribution is -0.144. The van der Waals surface area contributed by atoms with E-state index in [1.165, 1.54) is 29.2 Å². The smallest absolute Gasteiger partial charge is 0.488 e. The number of phenolic OH excluding ortho intramolecular Hbond substituents is 1. The number of aromatic amines is 2. The number of aliphatic carboxylic acids is 3. The van der Waals surface area contributed by atoms with Crippen molar-refractivity contribution in [2.45, 2.75) is 138 Å². The van der Waals surface area contributed by atoms with E-state index in [2.05, 4.69) is 56.7 Å². The van der Waals surface area contributed by atoms with E-state index < -0.39 is 192 Å². The van der Waals surface area contributed by atoms with Crippen LogP contribution in [0.5, 0.6) is 11.5 Å². The summed E-state index contributed by atoms with van der Waals surface area (Å²) in [5.74, 6) is -16.7. The summed E-state index contributed by atoms with van der Waals surface area (Å²) in [5.41, 5.74) is 14.5. The fourth-order valence-corrected chi connectivity index (χ4v) is 12.4. The molecule has 3 heterocycles.